The average molecular weight is 329 g/mol. The van der Waals surface area contributed by atoms with E-state index in [1.54, 1.807) is 11.0 Å². The lowest BCUT2D eigenvalue weighted by Gasteiger charge is -2.31. The van der Waals surface area contributed by atoms with Crippen LogP contribution in [0.5, 0.6) is 0 Å². The predicted octanol–water partition coefficient (Wildman–Crippen LogP) is 2.71. The number of hydrogen-bond donors (Lipinski definition) is 1. The number of benzene rings is 1. The Labute approximate surface area is 121 Å². The van der Waals surface area contributed by atoms with Gasteiger partial charge in [0.2, 0.25) is 0 Å². The number of halogens is 2. The van der Waals surface area contributed by atoms with Crippen molar-refractivity contribution in [1.82, 2.24) is 4.90 Å². The van der Waals surface area contributed by atoms with Gasteiger partial charge in [-0.2, -0.15) is 0 Å². The number of nitrogens with zero attached hydrogens (tertiary/aromatic N) is 1. The van der Waals surface area contributed by atoms with E-state index in [-0.39, 0.29) is 11.5 Å². The second-order valence-corrected chi connectivity index (χ2v) is 5.82. The van der Waals surface area contributed by atoms with Crippen molar-refractivity contribution >= 4 is 21.8 Å². The van der Waals surface area contributed by atoms with Crippen LogP contribution in [0.3, 0.4) is 0 Å². The van der Waals surface area contributed by atoms with E-state index in [0.717, 1.165) is 18.4 Å². The first kappa shape index (κ1) is 14.5. The van der Waals surface area contributed by atoms with Gasteiger partial charge >= 0.3 is 0 Å². The van der Waals surface area contributed by atoms with Crippen LogP contribution in [0.2, 0.25) is 0 Å². The summed E-state index contributed by atoms with van der Waals surface area (Å²) in [5.74, 6) is -0.221. The molecule has 0 saturated carbocycles. The number of amides is 1. The second-order valence-electron chi connectivity index (χ2n) is 5.02. The highest BCUT2D eigenvalue weighted by Gasteiger charge is 2.26. The second kappa shape index (κ2) is 6.01. The Bertz CT molecular complexity index is 485. The third-order valence-electron chi connectivity index (χ3n) is 3.73. The molecular weight excluding hydrogens is 311 g/mol. The third-order valence-corrected chi connectivity index (χ3v) is 4.76. The van der Waals surface area contributed by atoms with Crippen molar-refractivity contribution in [2.24, 2.45) is 11.7 Å². The Kier molecular flexibility index (Phi) is 4.58. The van der Waals surface area contributed by atoms with Crippen LogP contribution in [0.4, 0.5) is 4.39 Å². The zero-order valence-electron chi connectivity index (χ0n) is 11.0. The van der Waals surface area contributed by atoms with Gasteiger partial charge in [0.15, 0.2) is 0 Å². The van der Waals surface area contributed by atoms with Crippen LogP contribution in [0.1, 0.15) is 28.8 Å². The molecule has 0 bridgehead atoms. The molecule has 0 radical (unpaired) electrons. The number of aryl methyl sites for hydroxylation is 1. The number of hydrogen-bond acceptors (Lipinski definition) is 2. The fraction of sp³-hybridized carbons (Fsp3) is 0.500. The van der Waals surface area contributed by atoms with Gasteiger partial charge in [0.05, 0.1) is 5.56 Å². The molecule has 0 atom stereocenters. The highest BCUT2D eigenvalue weighted by molar-refractivity contribution is 9.10. The summed E-state index contributed by atoms with van der Waals surface area (Å²) < 4.78 is 14.4. The van der Waals surface area contributed by atoms with E-state index in [9.17, 15) is 9.18 Å². The molecule has 0 spiro atoms. The van der Waals surface area contributed by atoms with Crippen LogP contribution in [-0.4, -0.2) is 30.4 Å². The summed E-state index contributed by atoms with van der Waals surface area (Å²) in [7, 11) is 0. The summed E-state index contributed by atoms with van der Waals surface area (Å²) in [6, 6.07) is 3.01. The van der Waals surface area contributed by atoms with E-state index >= 15 is 0 Å². The molecule has 1 fully saturated rings. The van der Waals surface area contributed by atoms with E-state index in [1.165, 1.54) is 6.07 Å². The first-order valence-corrected chi connectivity index (χ1v) is 7.27. The molecule has 2 N–H and O–H groups in total. The monoisotopic (exact) mass is 328 g/mol. The molecule has 19 heavy (non-hydrogen) atoms. The smallest absolute Gasteiger partial charge is 0.257 e. The Hall–Kier alpha value is -0.940. The van der Waals surface area contributed by atoms with E-state index < -0.39 is 5.82 Å². The lowest BCUT2D eigenvalue weighted by Crippen LogP contribution is -2.40. The fourth-order valence-electron chi connectivity index (χ4n) is 2.38. The van der Waals surface area contributed by atoms with Gasteiger partial charge < -0.3 is 10.6 Å². The van der Waals surface area contributed by atoms with Gasteiger partial charge in [-0.15, -0.1) is 0 Å². The number of carbonyl (C=O) groups is 1. The molecule has 1 aromatic carbocycles. The summed E-state index contributed by atoms with van der Waals surface area (Å²) in [4.78, 5) is 14.1. The quantitative estimate of drug-likeness (QED) is 0.907. The van der Waals surface area contributed by atoms with E-state index in [2.05, 4.69) is 15.9 Å². The first-order chi connectivity index (χ1) is 9.04. The number of nitrogens with two attached hydrogens (primary N) is 1. The minimum Gasteiger partial charge on any atom is -0.339 e. The normalized spacial score (nSPS) is 16.7. The largest absolute Gasteiger partial charge is 0.339 e. The Morgan fingerprint density at radius 2 is 2.11 bits per heavy atom. The summed E-state index contributed by atoms with van der Waals surface area (Å²) in [6.07, 6.45) is 1.79. The maximum absolute atomic E-state index is 13.9. The molecule has 1 aliphatic heterocycles. The van der Waals surface area contributed by atoms with Gasteiger partial charge in [-0.05, 0) is 59.8 Å². The number of piperidine rings is 1. The number of carbonyl (C=O) groups excluding carboxylic acids is 1. The molecule has 104 valence electrons. The highest BCUT2D eigenvalue weighted by atomic mass is 79.9. The molecular formula is C14H18BrFN2O. The molecule has 1 aliphatic rings. The Morgan fingerprint density at radius 3 is 2.68 bits per heavy atom. The predicted molar refractivity (Wildman–Crippen MR) is 76.5 cm³/mol. The van der Waals surface area contributed by atoms with Crippen LogP contribution in [0.25, 0.3) is 0 Å². The molecule has 1 aromatic rings. The summed E-state index contributed by atoms with van der Waals surface area (Å²) in [5.41, 5.74) is 6.64. The van der Waals surface area contributed by atoms with Crippen LogP contribution < -0.4 is 5.73 Å². The highest BCUT2D eigenvalue weighted by Crippen LogP contribution is 2.27. The van der Waals surface area contributed by atoms with Crippen LogP contribution in [0.15, 0.2) is 16.6 Å². The zero-order chi connectivity index (χ0) is 14.0. The van der Waals surface area contributed by atoms with Crippen molar-refractivity contribution in [3.63, 3.8) is 0 Å². The van der Waals surface area contributed by atoms with E-state index in [1.807, 2.05) is 6.92 Å². The van der Waals surface area contributed by atoms with Gasteiger partial charge in [0.25, 0.3) is 5.91 Å². The van der Waals surface area contributed by atoms with Crippen LogP contribution in [-0.2, 0) is 0 Å². The molecule has 0 unspecified atom stereocenters. The van der Waals surface area contributed by atoms with Gasteiger partial charge in [-0.25, -0.2) is 4.39 Å². The van der Waals surface area contributed by atoms with E-state index in [4.69, 9.17) is 5.73 Å². The van der Waals surface area contributed by atoms with Crippen LogP contribution in [0, 0.1) is 18.7 Å². The van der Waals surface area contributed by atoms with Crippen molar-refractivity contribution in [3.8, 4) is 0 Å². The standard InChI is InChI=1S/C14H18BrFN2O/c1-9-2-3-11(16)12(13(9)15)14(19)18-6-4-10(8-17)5-7-18/h2-3,10H,4-8,17H2,1H3. The van der Waals surface area contributed by atoms with Crippen molar-refractivity contribution in [1.29, 1.82) is 0 Å². The maximum atomic E-state index is 13.9. The first-order valence-electron chi connectivity index (χ1n) is 6.48. The van der Waals surface area contributed by atoms with Crippen molar-refractivity contribution in [2.75, 3.05) is 19.6 Å². The van der Waals surface area contributed by atoms with Gasteiger partial charge in [0, 0.05) is 17.6 Å². The van der Waals surface area contributed by atoms with Crippen molar-refractivity contribution in [2.45, 2.75) is 19.8 Å². The minimum absolute atomic E-state index is 0.145. The lowest BCUT2D eigenvalue weighted by molar-refractivity contribution is 0.0687. The summed E-state index contributed by atoms with van der Waals surface area (Å²) in [5, 5.41) is 0. The molecule has 0 aromatic heterocycles. The molecule has 1 saturated heterocycles. The molecule has 1 amide bonds. The van der Waals surface area contributed by atoms with E-state index in [0.29, 0.717) is 30.0 Å². The molecule has 3 nitrogen and oxygen atoms in total. The maximum Gasteiger partial charge on any atom is 0.257 e. The molecule has 2 rings (SSSR count). The van der Waals surface area contributed by atoms with Crippen molar-refractivity contribution < 1.29 is 9.18 Å². The molecule has 5 heteroatoms. The third kappa shape index (κ3) is 2.98. The SMILES string of the molecule is Cc1ccc(F)c(C(=O)N2CCC(CN)CC2)c1Br. The van der Waals surface area contributed by atoms with Gasteiger partial charge in [-0.3, -0.25) is 4.79 Å². The summed E-state index contributed by atoms with van der Waals surface area (Å²) in [6.45, 7) is 3.81. The topological polar surface area (TPSA) is 46.3 Å². The van der Waals surface area contributed by atoms with Crippen LogP contribution >= 0.6 is 15.9 Å². The summed E-state index contributed by atoms with van der Waals surface area (Å²) >= 11 is 3.32. The Balaban J connectivity index is 2.19. The molecule has 0 aliphatic carbocycles. The average Bonchev–Trinajstić information content (AvgIpc) is 2.43. The van der Waals surface area contributed by atoms with Gasteiger partial charge in [0.1, 0.15) is 5.82 Å². The minimum atomic E-state index is -0.469. The Morgan fingerprint density at radius 1 is 1.47 bits per heavy atom. The fourth-order valence-corrected chi connectivity index (χ4v) is 2.87. The number of likely N-dealkylation sites (tertiary alicyclic amines) is 1. The molecule has 1 heterocycles. The number of rotatable bonds is 2. The van der Waals surface area contributed by atoms with Gasteiger partial charge in [-0.1, -0.05) is 6.07 Å². The lowest BCUT2D eigenvalue weighted by atomic mass is 9.96. The zero-order valence-corrected chi connectivity index (χ0v) is 12.5. The van der Waals surface area contributed by atoms with Crippen molar-refractivity contribution in [3.05, 3.63) is 33.5 Å².